The molecule has 0 aromatic carbocycles. The summed E-state index contributed by atoms with van der Waals surface area (Å²) in [5.41, 5.74) is 0.221. The first-order chi connectivity index (χ1) is 8.59. The second-order valence-corrected chi connectivity index (χ2v) is 4.32. The molecule has 0 saturated heterocycles. The molecule has 7 heteroatoms. The molecular formula is C11H8FN3O2S. The maximum Gasteiger partial charge on any atom is 0.338 e. The fourth-order valence-corrected chi connectivity index (χ4v) is 2.13. The summed E-state index contributed by atoms with van der Waals surface area (Å²) in [5.74, 6) is -1.68. The smallest absolute Gasteiger partial charge is 0.338 e. The zero-order chi connectivity index (χ0) is 13.1. The van der Waals surface area contributed by atoms with E-state index in [1.54, 1.807) is 0 Å². The Bertz CT molecular complexity index is 607. The van der Waals surface area contributed by atoms with Gasteiger partial charge in [-0.05, 0) is 30.8 Å². The van der Waals surface area contributed by atoms with Crippen LogP contribution < -0.4 is 0 Å². The molecule has 1 N–H and O–H groups in total. The fraction of sp³-hybridized carbons (Fsp3) is 0.0909. The van der Waals surface area contributed by atoms with Crippen molar-refractivity contribution in [2.45, 2.75) is 17.0 Å². The van der Waals surface area contributed by atoms with Gasteiger partial charge in [0.05, 0.1) is 11.3 Å². The molecule has 5 nitrogen and oxygen atoms in total. The van der Waals surface area contributed by atoms with Gasteiger partial charge in [0.15, 0.2) is 5.82 Å². The van der Waals surface area contributed by atoms with E-state index in [0.717, 1.165) is 11.8 Å². The molecule has 0 atom stereocenters. The van der Waals surface area contributed by atoms with Crippen molar-refractivity contribution in [3.8, 4) is 0 Å². The molecule has 0 aliphatic heterocycles. The molecule has 0 amide bonds. The number of hydrogen-bond donors (Lipinski definition) is 1. The number of aromatic carboxylic acids is 1. The Balaban J connectivity index is 2.40. The molecule has 92 valence electrons. The van der Waals surface area contributed by atoms with Gasteiger partial charge >= 0.3 is 5.97 Å². The topological polar surface area (TPSA) is 76.0 Å². The quantitative estimate of drug-likeness (QED) is 0.857. The van der Waals surface area contributed by atoms with Crippen molar-refractivity contribution in [1.29, 1.82) is 0 Å². The van der Waals surface area contributed by atoms with Crippen molar-refractivity contribution in [2.75, 3.05) is 0 Å². The number of nitrogens with zero attached hydrogens (tertiary/aromatic N) is 3. The van der Waals surface area contributed by atoms with Crippen LogP contribution in [0.3, 0.4) is 0 Å². The van der Waals surface area contributed by atoms with E-state index in [1.165, 1.54) is 31.6 Å². The predicted octanol–water partition coefficient (Wildman–Crippen LogP) is 2.17. The van der Waals surface area contributed by atoms with Gasteiger partial charge in [-0.1, -0.05) is 0 Å². The van der Waals surface area contributed by atoms with Gasteiger partial charge < -0.3 is 5.11 Å². The summed E-state index contributed by atoms with van der Waals surface area (Å²) in [6.07, 6.45) is 2.67. The Kier molecular flexibility index (Phi) is 3.52. The van der Waals surface area contributed by atoms with Gasteiger partial charge in [0.1, 0.15) is 16.4 Å². The third-order valence-corrected chi connectivity index (χ3v) is 3.12. The molecule has 0 unspecified atom stereocenters. The van der Waals surface area contributed by atoms with E-state index in [4.69, 9.17) is 5.11 Å². The van der Waals surface area contributed by atoms with E-state index in [0.29, 0.717) is 0 Å². The van der Waals surface area contributed by atoms with Crippen LogP contribution in [0.5, 0.6) is 0 Å². The average Bonchev–Trinajstić information content (AvgIpc) is 2.35. The highest BCUT2D eigenvalue weighted by molar-refractivity contribution is 7.99. The highest BCUT2D eigenvalue weighted by atomic mass is 32.2. The van der Waals surface area contributed by atoms with Crippen LogP contribution in [0.25, 0.3) is 0 Å². The molecule has 0 bridgehead atoms. The minimum atomic E-state index is -1.11. The van der Waals surface area contributed by atoms with Crippen molar-refractivity contribution in [2.24, 2.45) is 0 Å². The van der Waals surface area contributed by atoms with Crippen LogP contribution in [0.2, 0.25) is 0 Å². The monoisotopic (exact) mass is 265 g/mol. The summed E-state index contributed by atoms with van der Waals surface area (Å²) in [4.78, 5) is 22.4. The van der Waals surface area contributed by atoms with E-state index >= 15 is 0 Å². The van der Waals surface area contributed by atoms with Crippen molar-refractivity contribution >= 4 is 17.7 Å². The molecule has 0 fully saturated rings. The van der Waals surface area contributed by atoms with E-state index < -0.39 is 11.8 Å². The lowest BCUT2D eigenvalue weighted by Gasteiger charge is -2.05. The minimum Gasteiger partial charge on any atom is -0.478 e. The van der Waals surface area contributed by atoms with Gasteiger partial charge in [0.25, 0.3) is 0 Å². The molecule has 2 aromatic rings. The number of halogens is 1. The van der Waals surface area contributed by atoms with Gasteiger partial charge in [0, 0.05) is 6.20 Å². The lowest BCUT2D eigenvalue weighted by molar-refractivity contribution is 0.0692. The van der Waals surface area contributed by atoms with Crippen molar-refractivity contribution in [3.63, 3.8) is 0 Å². The van der Waals surface area contributed by atoms with E-state index in [-0.39, 0.29) is 21.3 Å². The van der Waals surface area contributed by atoms with Crippen LogP contribution in [-0.2, 0) is 0 Å². The SMILES string of the molecule is Cc1ncnc(Sc2ncccc2C(=O)O)c1F. The number of hydrogen-bond acceptors (Lipinski definition) is 5. The zero-order valence-electron chi connectivity index (χ0n) is 9.29. The average molecular weight is 265 g/mol. The van der Waals surface area contributed by atoms with Crippen molar-refractivity contribution in [1.82, 2.24) is 15.0 Å². The number of rotatable bonds is 3. The summed E-state index contributed by atoms with van der Waals surface area (Å²) in [5, 5.41) is 9.24. The Hall–Kier alpha value is -2.02. The molecule has 0 spiro atoms. The predicted molar refractivity (Wildman–Crippen MR) is 62.0 cm³/mol. The van der Waals surface area contributed by atoms with Crippen molar-refractivity contribution < 1.29 is 14.3 Å². The molecule has 0 saturated carbocycles. The van der Waals surface area contributed by atoms with Crippen LogP contribution in [0, 0.1) is 12.7 Å². The number of carboxylic acid groups (broad SMARTS) is 1. The summed E-state index contributed by atoms with van der Waals surface area (Å²) in [7, 11) is 0. The van der Waals surface area contributed by atoms with Gasteiger partial charge in [-0.15, -0.1) is 0 Å². The normalized spacial score (nSPS) is 10.3. The van der Waals surface area contributed by atoms with Gasteiger partial charge in [-0.25, -0.2) is 24.1 Å². The molecule has 2 aromatic heterocycles. The Morgan fingerprint density at radius 1 is 1.33 bits per heavy atom. The van der Waals surface area contributed by atoms with Crippen LogP contribution >= 0.6 is 11.8 Å². The third-order valence-electron chi connectivity index (χ3n) is 2.13. The van der Waals surface area contributed by atoms with E-state index in [2.05, 4.69) is 15.0 Å². The molecule has 0 aliphatic carbocycles. The van der Waals surface area contributed by atoms with Gasteiger partial charge in [0.2, 0.25) is 0 Å². The Morgan fingerprint density at radius 2 is 2.11 bits per heavy atom. The number of aryl methyl sites for hydroxylation is 1. The first-order valence-electron chi connectivity index (χ1n) is 4.93. The lowest BCUT2D eigenvalue weighted by Crippen LogP contribution is -2.01. The van der Waals surface area contributed by atoms with Crippen LogP contribution in [0.1, 0.15) is 16.1 Å². The Morgan fingerprint density at radius 3 is 2.83 bits per heavy atom. The third kappa shape index (κ3) is 2.45. The lowest BCUT2D eigenvalue weighted by atomic mass is 10.3. The molecule has 18 heavy (non-hydrogen) atoms. The summed E-state index contributed by atoms with van der Waals surface area (Å²) < 4.78 is 13.7. The highest BCUT2D eigenvalue weighted by Crippen LogP contribution is 2.29. The van der Waals surface area contributed by atoms with E-state index in [9.17, 15) is 9.18 Å². The van der Waals surface area contributed by atoms with E-state index in [1.807, 2.05) is 0 Å². The van der Waals surface area contributed by atoms with Gasteiger partial charge in [-0.3, -0.25) is 0 Å². The fourth-order valence-electron chi connectivity index (χ4n) is 1.23. The molecule has 2 heterocycles. The maximum atomic E-state index is 13.7. The van der Waals surface area contributed by atoms with Crippen LogP contribution in [0.4, 0.5) is 4.39 Å². The van der Waals surface area contributed by atoms with Gasteiger partial charge in [-0.2, -0.15) is 0 Å². The largest absolute Gasteiger partial charge is 0.478 e. The Labute approximate surface area is 106 Å². The molecular weight excluding hydrogens is 257 g/mol. The summed E-state index contributed by atoms with van der Waals surface area (Å²) >= 11 is 0.865. The summed E-state index contributed by atoms with van der Waals surface area (Å²) in [6, 6.07) is 2.92. The second-order valence-electron chi connectivity index (χ2n) is 3.34. The first-order valence-corrected chi connectivity index (χ1v) is 5.74. The standard InChI is InChI=1S/C11H8FN3O2S/c1-6-8(12)10(15-5-14-6)18-9-7(11(16)17)3-2-4-13-9/h2-5H,1H3,(H,16,17). The molecule has 0 radical (unpaired) electrons. The number of carboxylic acids is 1. The van der Waals surface area contributed by atoms with Crippen LogP contribution in [0.15, 0.2) is 34.7 Å². The minimum absolute atomic E-state index is 0.0122. The zero-order valence-corrected chi connectivity index (χ0v) is 10.1. The van der Waals surface area contributed by atoms with Crippen LogP contribution in [-0.4, -0.2) is 26.0 Å². The number of carbonyl (C=O) groups is 1. The first kappa shape index (κ1) is 12.4. The summed E-state index contributed by atoms with van der Waals surface area (Å²) in [6.45, 7) is 1.51. The number of aromatic nitrogens is 3. The number of pyridine rings is 1. The molecule has 2 rings (SSSR count). The highest BCUT2D eigenvalue weighted by Gasteiger charge is 2.15. The van der Waals surface area contributed by atoms with Crippen molar-refractivity contribution in [3.05, 3.63) is 41.7 Å². The maximum absolute atomic E-state index is 13.7. The molecule has 0 aliphatic rings. The second kappa shape index (κ2) is 5.09.